The minimum Gasteiger partial charge on any atom is -0.354 e. The Hall–Kier alpha value is -1.59. The van der Waals surface area contributed by atoms with Crippen LogP contribution in [0, 0.1) is 0 Å². The van der Waals surface area contributed by atoms with Crippen molar-refractivity contribution in [3.8, 4) is 0 Å². The van der Waals surface area contributed by atoms with Gasteiger partial charge in [-0.1, -0.05) is 24.3 Å². The molecule has 1 amide bonds. The van der Waals surface area contributed by atoms with E-state index in [4.69, 9.17) is 0 Å². The highest BCUT2D eigenvalue weighted by atomic mass is 32.2. The number of pyridine rings is 1. The smallest absolute Gasteiger partial charge is 0.238 e. The van der Waals surface area contributed by atoms with Crippen LogP contribution >= 0.6 is 11.8 Å². The maximum atomic E-state index is 11.9. The lowest BCUT2D eigenvalue weighted by molar-refractivity contribution is -0.122. The molecule has 5 heteroatoms. The average molecular weight is 287 g/mol. The minimum atomic E-state index is -0.0364. The van der Waals surface area contributed by atoms with Crippen LogP contribution in [0.25, 0.3) is 10.9 Å². The number of para-hydroxylation sites is 1. The van der Waals surface area contributed by atoms with E-state index in [2.05, 4.69) is 33.8 Å². The summed E-state index contributed by atoms with van der Waals surface area (Å²) in [7, 11) is 0. The van der Waals surface area contributed by atoms with E-state index < -0.39 is 0 Å². The quantitative estimate of drug-likeness (QED) is 0.896. The van der Waals surface area contributed by atoms with Crippen LogP contribution in [0.3, 0.4) is 0 Å². The molecular formula is C15H17N3OS. The highest BCUT2D eigenvalue weighted by Crippen LogP contribution is 2.16. The van der Waals surface area contributed by atoms with E-state index in [9.17, 15) is 4.79 Å². The summed E-state index contributed by atoms with van der Waals surface area (Å²) in [5.41, 5.74) is 2.20. The van der Waals surface area contributed by atoms with Crippen LogP contribution in [0.1, 0.15) is 5.56 Å². The van der Waals surface area contributed by atoms with Gasteiger partial charge in [-0.25, -0.2) is 0 Å². The fourth-order valence-electron chi connectivity index (χ4n) is 2.38. The Labute approximate surface area is 122 Å². The summed E-state index contributed by atoms with van der Waals surface area (Å²) in [5, 5.41) is 7.31. The highest BCUT2D eigenvalue weighted by molar-refractivity contribution is 7.99. The summed E-state index contributed by atoms with van der Waals surface area (Å²) in [6, 6.07) is 10.1. The number of nitrogens with one attached hydrogen (secondary N) is 2. The van der Waals surface area contributed by atoms with Gasteiger partial charge in [0.1, 0.15) is 0 Å². The molecule has 1 aliphatic heterocycles. The van der Waals surface area contributed by atoms with Gasteiger partial charge in [-0.15, -0.1) is 11.8 Å². The molecule has 0 radical (unpaired) electrons. The number of thioether (sulfide) groups is 1. The van der Waals surface area contributed by atoms with Crippen molar-refractivity contribution in [3.63, 3.8) is 0 Å². The van der Waals surface area contributed by atoms with Crippen LogP contribution in [-0.2, 0) is 11.2 Å². The summed E-state index contributed by atoms with van der Waals surface area (Å²) in [5.74, 6) is 1.83. The molecule has 4 nitrogen and oxygen atoms in total. The zero-order chi connectivity index (χ0) is 13.8. The number of fused-ring (bicyclic) bond motifs is 1. The standard InChI is InChI=1S/C15H17N3OS/c19-15(13-9-20-10-18-13)17-8-6-12-4-1-3-11-5-2-7-16-14(11)12/h1-5,7,13,18H,6,8-10H2,(H,17,19). The van der Waals surface area contributed by atoms with Crippen molar-refractivity contribution in [2.24, 2.45) is 0 Å². The maximum absolute atomic E-state index is 11.9. The Bertz CT molecular complexity index is 606. The van der Waals surface area contributed by atoms with Gasteiger partial charge in [0.25, 0.3) is 0 Å². The number of hydrogen-bond donors (Lipinski definition) is 2. The summed E-state index contributed by atoms with van der Waals surface area (Å²) >= 11 is 1.76. The predicted octanol–water partition coefficient (Wildman–Crippen LogP) is 1.56. The largest absolute Gasteiger partial charge is 0.354 e. The van der Waals surface area contributed by atoms with Crippen molar-refractivity contribution in [1.82, 2.24) is 15.6 Å². The molecule has 1 aromatic heterocycles. The highest BCUT2D eigenvalue weighted by Gasteiger charge is 2.21. The number of carbonyl (C=O) groups is 1. The van der Waals surface area contributed by atoms with Crippen molar-refractivity contribution >= 4 is 28.6 Å². The molecule has 2 N–H and O–H groups in total. The third-order valence-electron chi connectivity index (χ3n) is 3.44. The summed E-state index contributed by atoms with van der Waals surface area (Å²) < 4.78 is 0. The molecule has 0 saturated carbocycles. The minimum absolute atomic E-state index is 0.0364. The Balaban J connectivity index is 1.61. The van der Waals surface area contributed by atoms with E-state index in [1.807, 2.05) is 18.3 Å². The van der Waals surface area contributed by atoms with Crippen LogP contribution in [0.2, 0.25) is 0 Å². The lowest BCUT2D eigenvalue weighted by Crippen LogP contribution is -2.42. The summed E-state index contributed by atoms with van der Waals surface area (Å²) in [6.07, 6.45) is 2.62. The fourth-order valence-corrected chi connectivity index (χ4v) is 3.32. The molecule has 0 spiro atoms. The monoisotopic (exact) mass is 287 g/mol. The second-order valence-electron chi connectivity index (χ2n) is 4.81. The number of rotatable bonds is 4. The lowest BCUT2D eigenvalue weighted by Gasteiger charge is -2.11. The Morgan fingerprint density at radius 1 is 1.40 bits per heavy atom. The molecule has 1 atom stereocenters. The summed E-state index contributed by atoms with van der Waals surface area (Å²) in [4.78, 5) is 16.3. The number of nitrogens with zero attached hydrogens (tertiary/aromatic N) is 1. The molecule has 20 heavy (non-hydrogen) atoms. The number of carbonyl (C=O) groups excluding carboxylic acids is 1. The van der Waals surface area contributed by atoms with Crippen molar-refractivity contribution in [2.75, 3.05) is 18.2 Å². The number of hydrogen-bond acceptors (Lipinski definition) is 4. The van der Waals surface area contributed by atoms with Gasteiger partial charge in [0, 0.05) is 29.8 Å². The Morgan fingerprint density at radius 2 is 2.30 bits per heavy atom. The van der Waals surface area contributed by atoms with E-state index >= 15 is 0 Å². The second kappa shape index (κ2) is 6.24. The van der Waals surface area contributed by atoms with Gasteiger partial charge >= 0.3 is 0 Å². The molecule has 3 rings (SSSR count). The molecule has 0 aliphatic carbocycles. The first-order valence-corrected chi connectivity index (χ1v) is 7.91. The molecule has 104 valence electrons. The molecule has 0 bridgehead atoms. The SMILES string of the molecule is O=C(NCCc1cccc2cccnc12)C1CSCN1. The van der Waals surface area contributed by atoms with Gasteiger partial charge in [-0.3, -0.25) is 15.1 Å². The van der Waals surface area contributed by atoms with E-state index in [1.54, 1.807) is 11.8 Å². The van der Waals surface area contributed by atoms with E-state index in [1.165, 1.54) is 5.56 Å². The van der Waals surface area contributed by atoms with Gasteiger partial charge in [-0.05, 0) is 18.1 Å². The Morgan fingerprint density at radius 3 is 3.15 bits per heavy atom. The van der Waals surface area contributed by atoms with E-state index in [-0.39, 0.29) is 11.9 Å². The van der Waals surface area contributed by atoms with Crippen LogP contribution in [0.5, 0.6) is 0 Å². The van der Waals surface area contributed by atoms with Crippen LogP contribution < -0.4 is 10.6 Å². The third-order valence-corrected chi connectivity index (χ3v) is 4.38. The first-order valence-electron chi connectivity index (χ1n) is 6.76. The molecule has 2 aromatic rings. The van der Waals surface area contributed by atoms with E-state index in [0.29, 0.717) is 6.54 Å². The topological polar surface area (TPSA) is 54.0 Å². The van der Waals surface area contributed by atoms with Gasteiger partial charge in [0.05, 0.1) is 11.6 Å². The Kier molecular flexibility index (Phi) is 4.18. The molecule has 1 fully saturated rings. The summed E-state index contributed by atoms with van der Waals surface area (Å²) in [6.45, 7) is 0.650. The normalized spacial score (nSPS) is 18.3. The fraction of sp³-hybridized carbons (Fsp3) is 0.333. The molecular weight excluding hydrogens is 270 g/mol. The molecule has 1 saturated heterocycles. The van der Waals surface area contributed by atoms with Crippen LogP contribution in [-0.4, -0.2) is 35.1 Å². The first kappa shape index (κ1) is 13.4. The van der Waals surface area contributed by atoms with Gasteiger partial charge < -0.3 is 5.32 Å². The third kappa shape index (κ3) is 2.94. The van der Waals surface area contributed by atoms with Crippen LogP contribution in [0.15, 0.2) is 36.5 Å². The molecule has 1 unspecified atom stereocenters. The van der Waals surface area contributed by atoms with Gasteiger partial charge in [0.2, 0.25) is 5.91 Å². The van der Waals surface area contributed by atoms with Crippen molar-refractivity contribution < 1.29 is 4.79 Å². The average Bonchev–Trinajstić information content (AvgIpc) is 3.02. The molecule has 1 aliphatic rings. The van der Waals surface area contributed by atoms with Gasteiger partial charge in [0.15, 0.2) is 0 Å². The number of benzene rings is 1. The maximum Gasteiger partial charge on any atom is 0.238 e. The zero-order valence-electron chi connectivity index (χ0n) is 11.1. The first-order chi connectivity index (χ1) is 9.84. The van der Waals surface area contributed by atoms with Crippen LogP contribution in [0.4, 0.5) is 0 Å². The lowest BCUT2D eigenvalue weighted by atomic mass is 10.1. The van der Waals surface area contributed by atoms with Crippen molar-refractivity contribution in [3.05, 3.63) is 42.1 Å². The number of aromatic nitrogens is 1. The predicted molar refractivity (Wildman–Crippen MR) is 82.7 cm³/mol. The second-order valence-corrected chi connectivity index (χ2v) is 5.84. The van der Waals surface area contributed by atoms with Gasteiger partial charge in [-0.2, -0.15) is 0 Å². The van der Waals surface area contributed by atoms with E-state index in [0.717, 1.165) is 29.0 Å². The zero-order valence-corrected chi connectivity index (χ0v) is 12.0. The number of amides is 1. The van der Waals surface area contributed by atoms with Crippen molar-refractivity contribution in [2.45, 2.75) is 12.5 Å². The molecule has 1 aromatic carbocycles. The van der Waals surface area contributed by atoms with Crippen molar-refractivity contribution in [1.29, 1.82) is 0 Å². The molecule has 2 heterocycles.